The molecule has 2 aliphatic heterocycles. The maximum atomic E-state index is 13.7. The van der Waals surface area contributed by atoms with Crippen LogP contribution in [0.4, 0.5) is 92.0 Å². The van der Waals surface area contributed by atoms with Gasteiger partial charge in [0.25, 0.3) is 30.1 Å². The van der Waals surface area contributed by atoms with E-state index in [1.165, 1.54) is 66.7 Å². The Hall–Kier alpha value is -13.6. The van der Waals surface area contributed by atoms with Crippen molar-refractivity contribution in [1.82, 2.24) is 39.9 Å². The fourth-order valence-electron chi connectivity index (χ4n) is 12.4. The van der Waals surface area contributed by atoms with Crippen molar-refractivity contribution in [2.75, 3.05) is 56.3 Å². The molecule has 0 atom stereocenters. The van der Waals surface area contributed by atoms with Crippen molar-refractivity contribution >= 4 is 93.0 Å². The van der Waals surface area contributed by atoms with Crippen LogP contribution in [0.1, 0.15) is 82.3 Å². The molecule has 0 saturated carbocycles. The molecule has 4 aromatic carbocycles. The number of benzene rings is 4. The van der Waals surface area contributed by atoms with Crippen LogP contribution >= 0.6 is 0 Å². The number of pyridine rings is 8. The lowest BCUT2D eigenvalue weighted by Crippen LogP contribution is -2.17. The number of nitrogens with two attached hydrogens (primary N) is 1. The third kappa shape index (κ3) is 26.5. The molecule has 0 amide bonds. The van der Waals surface area contributed by atoms with Gasteiger partial charge in [-0.1, -0.05) is 171 Å². The molecule has 12 aromatic rings. The van der Waals surface area contributed by atoms with Gasteiger partial charge in [-0.15, -0.1) is 13.2 Å². The van der Waals surface area contributed by atoms with E-state index in [1.54, 1.807) is 121 Å². The van der Waals surface area contributed by atoms with Crippen molar-refractivity contribution in [1.29, 1.82) is 0 Å². The quantitative estimate of drug-likeness (QED) is 0.0204. The van der Waals surface area contributed by atoms with Crippen LogP contribution in [0.3, 0.4) is 0 Å². The Morgan fingerprint density at radius 1 is 0.434 bits per heavy atom. The summed E-state index contributed by atoms with van der Waals surface area (Å²) in [6.45, 7) is 16.5. The van der Waals surface area contributed by atoms with E-state index in [0.29, 0.717) is 84.2 Å². The predicted octanol–water partition coefficient (Wildman–Crippen LogP) is 20.5. The molecule has 23 nitrogen and oxygen atoms in total. The normalized spacial score (nSPS) is 13.6. The summed E-state index contributed by atoms with van der Waals surface area (Å²) >= 11 is 0. The fraction of sp³-hybridized carbons (Fsp3) is 0.169. The first kappa shape index (κ1) is 97.6. The third-order valence-corrected chi connectivity index (χ3v) is 23.7. The van der Waals surface area contributed by atoms with Crippen LogP contribution in [-0.2, 0) is 76.8 Å². The summed E-state index contributed by atoms with van der Waals surface area (Å²) in [6, 6.07) is 49.6. The lowest BCUT2D eigenvalue weighted by Gasteiger charge is -2.16. The van der Waals surface area contributed by atoms with Gasteiger partial charge in [-0.25, -0.2) is 43.3 Å². The van der Waals surface area contributed by atoms with Crippen LogP contribution in [-0.4, -0.2) is 99.7 Å². The Bertz CT molecular complexity index is 6560. The number of anilines is 6. The van der Waals surface area contributed by atoms with Crippen molar-refractivity contribution in [2.24, 2.45) is 5.73 Å². The van der Waals surface area contributed by atoms with Gasteiger partial charge in [-0.2, -0.15) is 82.3 Å². The summed E-state index contributed by atoms with van der Waals surface area (Å²) < 4.78 is 285. The SMILES string of the molecule is C=CCCN.C=CCCNc1cccc(S(=O)(=O)Nc2ccc(C(F)(F)F)c(-c3ccccc3C=C)n2)n1.C=Cc1ccccc1-c1nc(CS(=O)(=O)c2cccc(F)n2)ccc1C(F)(F)F.O=S1(=O)Nc2ccc(C(F)(F)F)c(n2)-c2ccccc2C=CCCNc2cccc1n2.O=S1(=O)Nc2ccc(C(F)(F)F)c(n2)-c2ccccc2CCCCNc2cccc1n2. The molecule has 0 aliphatic carbocycles. The predicted molar refractivity (Wildman–Crippen MR) is 470 cm³/mol. The lowest BCUT2D eigenvalue weighted by atomic mass is 9.96. The first-order valence-corrected chi connectivity index (χ1v) is 44.8. The summed E-state index contributed by atoms with van der Waals surface area (Å²) in [5.41, 5.74) is 2.59. The van der Waals surface area contributed by atoms with E-state index in [1.807, 2.05) is 6.08 Å². The molecule has 8 aromatic heterocycles. The molecule has 129 heavy (non-hydrogen) atoms. The number of rotatable bonds is 16. The number of alkyl halides is 12. The van der Waals surface area contributed by atoms with Gasteiger partial charge < -0.3 is 21.7 Å². The van der Waals surface area contributed by atoms with Crippen LogP contribution in [0.25, 0.3) is 63.3 Å². The number of hydrogen-bond donors (Lipinski definition) is 7. The smallest absolute Gasteiger partial charge is 0.370 e. The molecule has 0 unspecified atom stereocenters. The van der Waals surface area contributed by atoms with Gasteiger partial charge in [-0.3, -0.25) is 19.2 Å². The third-order valence-electron chi connectivity index (χ3n) is 18.4. The lowest BCUT2D eigenvalue weighted by molar-refractivity contribution is -0.138. The Balaban J connectivity index is 0.000000176. The van der Waals surface area contributed by atoms with Gasteiger partial charge in [-0.05, 0) is 164 Å². The topological polar surface area (TPSA) is 338 Å². The second kappa shape index (κ2) is 42.8. The van der Waals surface area contributed by atoms with E-state index in [9.17, 15) is 90.7 Å². The van der Waals surface area contributed by atoms with E-state index < -0.39 is 115 Å². The average molecular weight is 1860 g/mol. The molecule has 0 saturated heterocycles. The molecule has 0 spiro atoms. The number of nitrogens with one attached hydrogen (secondary N) is 6. The highest BCUT2D eigenvalue weighted by Crippen LogP contribution is 2.44. The minimum absolute atomic E-state index is 0.127. The Morgan fingerprint density at radius 3 is 1.44 bits per heavy atom. The maximum Gasteiger partial charge on any atom is 0.418 e. The first-order chi connectivity index (χ1) is 61.2. The van der Waals surface area contributed by atoms with Gasteiger partial charge >= 0.3 is 24.7 Å². The summed E-state index contributed by atoms with van der Waals surface area (Å²) in [5, 5.41) is 7.73. The summed E-state index contributed by atoms with van der Waals surface area (Å²) in [5.74, 6) is -1.34. The molecule has 14 rings (SSSR count). The molecule has 2 aliphatic rings. The number of aryl methyl sites for hydroxylation is 1. The number of sulfonamides is 3. The number of halogens is 13. The zero-order chi connectivity index (χ0) is 93.5. The molecule has 0 radical (unpaired) electrons. The van der Waals surface area contributed by atoms with Crippen molar-refractivity contribution in [3.63, 3.8) is 0 Å². The molecular formula is C89H80F13N15O8S4. The average Bonchev–Trinajstić information content (AvgIpc) is 1.28. The molecule has 0 fully saturated rings. The van der Waals surface area contributed by atoms with E-state index >= 15 is 0 Å². The molecular weight excluding hydrogens is 1780 g/mol. The highest BCUT2D eigenvalue weighted by atomic mass is 32.2. The number of aromatic nitrogens is 8. The van der Waals surface area contributed by atoms with Crippen LogP contribution in [0, 0.1) is 5.95 Å². The molecule has 8 N–H and O–H groups in total. The van der Waals surface area contributed by atoms with E-state index in [-0.39, 0.29) is 66.3 Å². The second-order valence-corrected chi connectivity index (χ2v) is 34.4. The van der Waals surface area contributed by atoms with Gasteiger partial charge in [0, 0.05) is 41.9 Å². The van der Waals surface area contributed by atoms with E-state index in [2.05, 4.69) is 96.3 Å². The Kier molecular flexibility index (Phi) is 32.4. The summed E-state index contributed by atoms with van der Waals surface area (Å²) in [6.07, 6.45) is -4.72. The first-order valence-electron chi connectivity index (χ1n) is 38.7. The summed E-state index contributed by atoms with van der Waals surface area (Å²) in [4.78, 5) is 31.7. The van der Waals surface area contributed by atoms with E-state index in [0.717, 1.165) is 86.5 Å². The van der Waals surface area contributed by atoms with Crippen LogP contribution < -0.4 is 35.9 Å². The zero-order valence-corrected chi connectivity index (χ0v) is 71.1. The summed E-state index contributed by atoms with van der Waals surface area (Å²) in [7, 11) is -16.6. The van der Waals surface area contributed by atoms with Gasteiger partial charge in [0.1, 0.15) is 34.9 Å². The minimum Gasteiger partial charge on any atom is -0.370 e. The standard InChI is InChI=1S/C23H21F3N4O2S.C21H19F3N4O2S.C21H17F3N4O2S.C20H14F4N2O2S.C4H9N/c1-3-5-15-27-19-11-8-12-21(28-19)33(31,32)30-20-14-13-18(23(24,25)26)22(29-20)17-10-7-6-9-16(17)4-2;2*22-21(23,24)16-11-12-18-27-20(16)15-8-2-1-6-14(15)7-3-4-13-25-17-9-5-10-19(26-17)31(29,30)28-18;1-2-13-6-3-4-7-15(13)19-16(20(22,23)24)11-10-14(25-19)12-29(27,28)18-9-5-8-17(21)26-18;1-2-3-4-5/h3-4,6-14H,1-2,5,15H2,(H,27,28)(H,29,30);1-2,5-6,8-12H,3-4,7,13H2,(H,25,26)(H,27,28);1-3,5-12H,4,13H2,(H,25,26)(H,27,28);2-11H,1,12H2;2H,1,3-5H2. The van der Waals surface area contributed by atoms with Crippen molar-refractivity contribution in [2.45, 2.75) is 89.1 Å². The highest BCUT2D eigenvalue weighted by molar-refractivity contribution is 7.93. The highest BCUT2D eigenvalue weighted by Gasteiger charge is 2.40. The Labute approximate surface area is 734 Å². The Morgan fingerprint density at radius 2 is 0.907 bits per heavy atom. The number of nitrogens with zero attached hydrogens (tertiary/aromatic N) is 8. The largest absolute Gasteiger partial charge is 0.418 e. The molecule has 8 bridgehead atoms. The van der Waals surface area contributed by atoms with Crippen LogP contribution in [0.15, 0.2) is 283 Å². The van der Waals surface area contributed by atoms with Crippen molar-refractivity contribution < 1.29 is 90.7 Å². The monoisotopic (exact) mass is 1860 g/mol. The fourth-order valence-corrected chi connectivity index (χ4v) is 16.6. The number of fused-ring (bicyclic) bond motifs is 12. The van der Waals surface area contributed by atoms with Gasteiger partial charge in [0.05, 0.1) is 56.5 Å². The van der Waals surface area contributed by atoms with E-state index in [4.69, 9.17) is 5.73 Å². The second-order valence-electron chi connectivity index (χ2n) is 27.6. The molecule has 10 heterocycles. The van der Waals surface area contributed by atoms with Crippen LogP contribution in [0.5, 0.6) is 0 Å². The molecule has 40 heteroatoms. The van der Waals surface area contributed by atoms with Crippen molar-refractivity contribution in [3.8, 4) is 45.0 Å². The maximum absolute atomic E-state index is 13.7. The van der Waals surface area contributed by atoms with Crippen molar-refractivity contribution in [3.05, 3.63) is 319 Å². The number of hydrogen-bond acceptors (Lipinski definition) is 20. The van der Waals surface area contributed by atoms with Crippen LogP contribution in [0.2, 0.25) is 0 Å². The minimum atomic E-state index is -4.70. The zero-order valence-electron chi connectivity index (χ0n) is 67.8. The number of sulfone groups is 1. The van der Waals surface area contributed by atoms with Gasteiger partial charge in [0.2, 0.25) is 15.8 Å². The van der Waals surface area contributed by atoms with Gasteiger partial charge in [0.15, 0.2) is 20.1 Å². The molecule has 674 valence electrons.